The molecule has 3 aromatic carbocycles. The Balaban J connectivity index is 1.89. The number of hydrogen-bond acceptors (Lipinski definition) is 2. The lowest BCUT2D eigenvalue weighted by Gasteiger charge is -2.56. The molecule has 1 N–H and O–H groups in total. The summed E-state index contributed by atoms with van der Waals surface area (Å²) in [4.78, 5) is 2.39. The molecular weight excluding hydrogens is 361 g/mol. The van der Waals surface area contributed by atoms with E-state index in [4.69, 9.17) is 0 Å². The van der Waals surface area contributed by atoms with Crippen molar-refractivity contribution in [2.24, 2.45) is 11.8 Å². The molecule has 1 saturated heterocycles. The van der Waals surface area contributed by atoms with Crippen LogP contribution in [0.5, 0.6) is 0 Å². The largest absolute Gasteiger partial charge is 0.384 e. The van der Waals surface area contributed by atoms with Gasteiger partial charge in [-0.3, -0.25) is 4.90 Å². The van der Waals surface area contributed by atoms with Crippen molar-refractivity contribution in [3.05, 3.63) is 107 Å². The quantitative estimate of drug-likeness (QED) is 0.620. The van der Waals surface area contributed by atoms with Crippen molar-refractivity contribution in [1.29, 1.82) is 0 Å². The molecule has 1 aliphatic heterocycles. The molecule has 1 unspecified atom stereocenters. The topological polar surface area (TPSA) is 23.5 Å². The Bertz CT molecular complexity index is 888. The molecule has 0 radical (unpaired) electrons. The summed E-state index contributed by atoms with van der Waals surface area (Å²) in [5.41, 5.74) is 2.03. The summed E-state index contributed by atoms with van der Waals surface area (Å²) in [5, 5.41) is 12.2. The van der Waals surface area contributed by atoms with E-state index in [9.17, 15) is 9.50 Å². The predicted molar refractivity (Wildman–Crippen MR) is 115 cm³/mol. The van der Waals surface area contributed by atoms with E-state index in [-0.39, 0.29) is 29.7 Å². The summed E-state index contributed by atoms with van der Waals surface area (Å²) in [6.45, 7) is 4.21. The highest BCUT2D eigenvalue weighted by molar-refractivity contribution is 5.33. The highest BCUT2D eigenvalue weighted by atomic mass is 19.1. The Morgan fingerprint density at radius 2 is 1.14 bits per heavy atom. The van der Waals surface area contributed by atoms with Gasteiger partial charge < -0.3 is 5.11 Å². The Morgan fingerprint density at radius 1 is 0.724 bits per heavy atom. The number of piperidine rings is 1. The van der Waals surface area contributed by atoms with Gasteiger partial charge in [-0.1, -0.05) is 86.6 Å². The number of hydrogen-bond donors (Lipinski definition) is 1. The third kappa shape index (κ3) is 3.29. The maximum absolute atomic E-state index is 13.6. The molecule has 5 atom stereocenters. The molecule has 3 aromatic rings. The second kappa shape index (κ2) is 7.74. The summed E-state index contributed by atoms with van der Waals surface area (Å²) in [7, 11) is 2.15. The fraction of sp³-hybridized carbons (Fsp3) is 0.308. The van der Waals surface area contributed by atoms with E-state index in [0.717, 1.165) is 5.56 Å². The average molecular weight is 390 g/mol. The van der Waals surface area contributed by atoms with Gasteiger partial charge in [0, 0.05) is 23.9 Å². The van der Waals surface area contributed by atoms with E-state index in [0.29, 0.717) is 0 Å². The van der Waals surface area contributed by atoms with Crippen molar-refractivity contribution < 1.29 is 9.50 Å². The Kier molecular flexibility index (Phi) is 5.28. The number of halogens is 1. The van der Waals surface area contributed by atoms with Gasteiger partial charge in [0.05, 0.1) is 5.60 Å². The van der Waals surface area contributed by atoms with Crippen LogP contribution in [0.3, 0.4) is 0 Å². The van der Waals surface area contributed by atoms with Crippen LogP contribution in [0.25, 0.3) is 0 Å². The van der Waals surface area contributed by atoms with E-state index in [1.165, 1.54) is 23.3 Å². The second-order valence-corrected chi connectivity index (χ2v) is 8.29. The molecule has 0 aliphatic carbocycles. The van der Waals surface area contributed by atoms with Crippen molar-refractivity contribution in [3.63, 3.8) is 0 Å². The Hall–Kier alpha value is -2.49. The third-order valence-electron chi connectivity index (χ3n) is 6.80. The van der Waals surface area contributed by atoms with Gasteiger partial charge in [-0.05, 0) is 35.9 Å². The molecule has 3 heteroatoms. The predicted octanol–water partition coefficient (Wildman–Crippen LogP) is 5.71. The lowest BCUT2D eigenvalue weighted by molar-refractivity contribution is -0.161. The zero-order valence-corrected chi connectivity index (χ0v) is 17.2. The highest BCUT2D eigenvalue weighted by Crippen LogP contribution is 2.55. The van der Waals surface area contributed by atoms with E-state index in [2.05, 4.69) is 50.1 Å². The molecular formula is C26H28FNO. The van der Waals surface area contributed by atoms with Crippen molar-refractivity contribution in [3.8, 4) is 0 Å². The summed E-state index contributed by atoms with van der Waals surface area (Å²) in [6, 6.07) is 27.1. The van der Waals surface area contributed by atoms with Gasteiger partial charge in [-0.15, -0.1) is 0 Å². The SMILES string of the molecule is C[C@H]1[C@@H](c2ccccc2)N(C)[C@@H](c2ccccc2)[C@H](C)C1(O)c1ccc(F)cc1. The van der Waals surface area contributed by atoms with E-state index in [1.54, 1.807) is 12.1 Å². The van der Waals surface area contributed by atoms with Gasteiger partial charge in [-0.25, -0.2) is 4.39 Å². The van der Waals surface area contributed by atoms with Crippen LogP contribution in [0.2, 0.25) is 0 Å². The summed E-state index contributed by atoms with van der Waals surface area (Å²) < 4.78 is 13.6. The van der Waals surface area contributed by atoms with Crippen LogP contribution in [0.15, 0.2) is 84.9 Å². The Morgan fingerprint density at radius 3 is 1.55 bits per heavy atom. The van der Waals surface area contributed by atoms with Crippen molar-refractivity contribution in [1.82, 2.24) is 4.90 Å². The molecule has 0 aromatic heterocycles. The van der Waals surface area contributed by atoms with Crippen molar-refractivity contribution in [2.45, 2.75) is 31.5 Å². The highest BCUT2D eigenvalue weighted by Gasteiger charge is 2.54. The maximum Gasteiger partial charge on any atom is 0.123 e. The van der Waals surface area contributed by atoms with Crippen LogP contribution in [-0.2, 0) is 5.60 Å². The van der Waals surface area contributed by atoms with Gasteiger partial charge >= 0.3 is 0 Å². The first-order chi connectivity index (χ1) is 13.9. The summed E-state index contributed by atoms with van der Waals surface area (Å²) in [6.07, 6.45) is 0. The van der Waals surface area contributed by atoms with Gasteiger partial charge in [0.1, 0.15) is 5.82 Å². The molecule has 0 saturated carbocycles. The van der Waals surface area contributed by atoms with Gasteiger partial charge in [-0.2, -0.15) is 0 Å². The van der Waals surface area contributed by atoms with Crippen molar-refractivity contribution in [2.75, 3.05) is 7.05 Å². The van der Waals surface area contributed by atoms with E-state index >= 15 is 0 Å². The van der Waals surface area contributed by atoms with Crippen LogP contribution in [0.4, 0.5) is 4.39 Å². The van der Waals surface area contributed by atoms with Crippen molar-refractivity contribution >= 4 is 0 Å². The Labute approximate surface area is 172 Å². The standard InChI is InChI=1S/C26H28FNO/c1-18-24(20-10-6-4-7-11-20)28(3)25(21-12-8-5-9-13-21)19(2)26(18,29)22-14-16-23(27)17-15-22/h4-19,24-25,29H,1-3H3/t18-,19-,24-,25+,26?/m0/s1. The van der Waals surface area contributed by atoms with Gasteiger partial charge in [0.2, 0.25) is 0 Å². The molecule has 1 fully saturated rings. The minimum atomic E-state index is -1.10. The lowest BCUT2D eigenvalue weighted by atomic mass is 9.62. The van der Waals surface area contributed by atoms with Gasteiger partial charge in [0.25, 0.3) is 0 Å². The van der Waals surface area contributed by atoms with E-state index < -0.39 is 5.60 Å². The average Bonchev–Trinajstić information content (AvgIpc) is 2.74. The molecule has 150 valence electrons. The smallest absolute Gasteiger partial charge is 0.123 e. The molecule has 4 rings (SSSR count). The fourth-order valence-corrected chi connectivity index (χ4v) is 5.37. The van der Waals surface area contributed by atoms with Crippen LogP contribution in [0, 0.1) is 17.7 Å². The second-order valence-electron chi connectivity index (χ2n) is 8.29. The number of benzene rings is 3. The first-order valence-electron chi connectivity index (χ1n) is 10.2. The molecule has 1 heterocycles. The summed E-state index contributed by atoms with van der Waals surface area (Å²) in [5.74, 6) is -0.463. The number of aliphatic hydroxyl groups is 1. The normalized spacial score (nSPS) is 30.2. The zero-order valence-electron chi connectivity index (χ0n) is 17.2. The van der Waals surface area contributed by atoms with Crippen LogP contribution < -0.4 is 0 Å². The van der Waals surface area contributed by atoms with Gasteiger partial charge in [0.15, 0.2) is 0 Å². The molecule has 0 spiro atoms. The first-order valence-corrected chi connectivity index (χ1v) is 10.2. The van der Waals surface area contributed by atoms with E-state index in [1.807, 2.05) is 36.4 Å². The number of nitrogens with zero attached hydrogens (tertiary/aromatic N) is 1. The molecule has 0 amide bonds. The molecule has 0 bridgehead atoms. The number of rotatable bonds is 3. The van der Waals surface area contributed by atoms with Crippen LogP contribution >= 0.6 is 0 Å². The maximum atomic E-state index is 13.6. The minimum Gasteiger partial charge on any atom is -0.384 e. The minimum absolute atomic E-state index is 0.0210. The third-order valence-corrected chi connectivity index (χ3v) is 6.80. The van der Waals surface area contributed by atoms with Crippen LogP contribution in [-0.4, -0.2) is 17.1 Å². The monoisotopic (exact) mass is 389 g/mol. The zero-order chi connectivity index (χ0) is 20.6. The molecule has 2 nitrogen and oxygen atoms in total. The summed E-state index contributed by atoms with van der Waals surface area (Å²) >= 11 is 0. The fourth-order valence-electron chi connectivity index (χ4n) is 5.37. The molecule has 29 heavy (non-hydrogen) atoms. The number of likely N-dealkylation sites (tertiary alicyclic amines) is 1. The first kappa shape index (κ1) is 19.8. The van der Waals surface area contributed by atoms with Crippen LogP contribution in [0.1, 0.15) is 42.6 Å². The molecule has 1 aliphatic rings. The lowest BCUT2D eigenvalue weighted by Crippen LogP contribution is -2.56.